The van der Waals surface area contributed by atoms with Crippen LogP contribution >= 0.6 is 0 Å². The molecule has 2 N–H and O–H groups in total. The van der Waals surface area contributed by atoms with Crippen molar-refractivity contribution < 1.29 is 9.13 Å². The average molecular weight is 225 g/mol. The van der Waals surface area contributed by atoms with Crippen LogP contribution in [0, 0.1) is 5.82 Å². The van der Waals surface area contributed by atoms with Crippen molar-refractivity contribution in [2.75, 3.05) is 0 Å². The molecular formula is C13H20FNO. The minimum absolute atomic E-state index is 0.116. The van der Waals surface area contributed by atoms with E-state index in [2.05, 4.69) is 6.92 Å². The first kappa shape index (κ1) is 13.0. The fraction of sp³-hybridized carbons (Fsp3) is 0.538. The Labute approximate surface area is 96.6 Å². The van der Waals surface area contributed by atoms with Crippen LogP contribution in [0.5, 0.6) is 5.75 Å². The quantitative estimate of drug-likeness (QED) is 0.833. The van der Waals surface area contributed by atoms with Crippen LogP contribution in [-0.4, -0.2) is 6.10 Å². The number of rotatable bonds is 5. The summed E-state index contributed by atoms with van der Waals surface area (Å²) >= 11 is 0. The smallest absolute Gasteiger partial charge is 0.131 e. The van der Waals surface area contributed by atoms with Gasteiger partial charge in [0.15, 0.2) is 0 Å². The highest BCUT2D eigenvalue weighted by Gasteiger charge is 2.09. The molecule has 0 aliphatic heterocycles. The number of halogens is 1. The van der Waals surface area contributed by atoms with Gasteiger partial charge in [-0.3, -0.25) is 0 Å². The minimum Gasteiger partial charge on any atom is -0.491 e. The number of hydrogen-bond acceptors (Lipinski definition) is 2. The largest absolute Gasteiger partial charge is 0.491 e. The lowest BCUT2D eigenvalue weighted by Crippen LogP contribution is -2.12. The highest BCUT2D eigenvalue weighted by Crippen LogP contribution is 2.21. The molecule has 0 spiro atoms. The fourth-order valence-corrected chi connectivity index (χ4v) is 1.65. The van der Waals surface area contributed by atoms with E-state index in [4.69, 9.17) is 10.5 Å². The molecule has 2 nitrogen and oxygen atoms in total. The molecular weight excluding hydrogens is 205 g/mol. The molecule has 0 bridgehead atoms. The van der Waals surface area contributed by atoms with Crippen molar-refractivity contribution in [1.29, 1.82) is 0 Å². The van der Waals surface area contributed by atoms with Crippen LogP contribution in [0.3, 0.4) is 0 Å². The number of nitrogens with two attached hydrogens (primary N) is 1. The average Bonchev–Trinajstić information content (AvgIpc) is 2.17. The standard InChI is InChI=1S/C13H20FNO/c1-4-5-9(2)16-11-6-7-12(10(3)15)13(14)8-11/h6-10H,4-5,15H2,1-3H3. The van der Waals surface area contributed by atoms with Gasteiger partial charge in [-0.25, -0.2) is 4.39 Å². The van der Waals surface area contributed by atoms with Crippen LogP contribution in [0.2, 0.25) is 0 Å². The molecule has 3 heteroatoms. The van der Waals surface area contributed by atoms with Crippen LogP contribution in [0.1, 0.15) is 45.2 Å². The van der Waals surface area contributed by atoms with Gasteiger partial charge in [0.25, 0.3) is 0 Å². The Balaban J connectivity index is 2.73. The molecule has 1 aromatic rings. The molecule has 0 saturated carbocycles. The first-order valence-electron chi connectivity index (χ1n) is 5.76. The second-order valence-corrected chi connectivity index (χ2v) is 4.19. The van der Waals surface area contributed by atoms with Crippen molar-refractivity contribution in [3.8, 4) is 5.75 Å². The molecule has 0 radical (unpaired) electrons. The molecule has 0 aliphatic carbocycles. The molecule has 2 atom stereocenters. The van der Waals surface area contributed by atoms with Crippen LogP contribution in [-0.2, 0) is 0 Å². The normalized spacial score (nSPS) is 14.6. The third kappa shape index (κ3) is 3.49. The van der Waals surface area contributed by atoms with Crippen molar-refractivity contribution in [1.82, 2.24) is 0 Å². The third-order valence-corrected chi connectivity index (χ3v) is 2.49. The zero-order valence-corrected chi connectivity index (χ0v) is 10.2. The second kappa shape index (κ2) is 5.85. The Kier molecular flexibility index (Phi) is 4.74. The topological polar surface area (TPSA) is 35.2 Å². The van der Waals surface area contributed by atoms with E-state index >= 15 is 0 Å². The number of ether oxygens (including phenoxy) is 1. The molecule has 0 amide bonds. The van der Waals surface area contributed by atoms with Gasteiger partial charge in [-0.1, -0.05) is 19.4 Å². The highest BCUT2D eigenvalue weighted by molar-refractivity contribution is 5.30. The molecule has 0 heterocycles. The van der Waals surface area contributed by atoms with Gasteiger partial charge in [0, 0.05) is 17.7 Å². The first-order valence-corrected chi connectivity index (χ1v) is 5.76. The van der Waals surface area contributed by atoms with E-state index < -0.39 is 0 Å². The Bertz CT molecular complexity index is 339. The summed E-state index contributed by atoms with van der Waals surface area (Å²) in [7, 11) is 0. The van der Waals surface area contributed by atoms with Crippen LogP contribution < -0.4 is 10.5 Å². The fourth-order valence-electron chi connectivity index (χ4n) is 1.65. The number of benzene rings is 1. The van der Waals surface area contributed by atoms with Crippen molar-refractivity contribution in [2.45, 2.75) is 45.8 Å². The van der Waals surface area contributed by atoms with E-state index in [0.717, 1.165) is 12.8 Å². The van der Waals surface area contributed by atoms with Crippen molar-refractivity contribution in [2.24, 2.45) is 5.73 Å². The maximum Gasteiger partial charge on any atom is 0.131 e. The molecule has 0 aliphatic rings. The zero-order valence-electron chi connectivity index (χ0n) is 10.2. The Morgan fingerprint density at radius 1 is 1.38 bits per heavy atom. The minimum atomic E-state index is -0.295. The Morgan fingerprint density at radius 2 is 2.06 bits per heavy atom. The molecule has 0 saturated heterocycles. The summed E-state index contributed by atoms with van der Waals surface area (Å²) in [5.74, 6) is 0.277. The maximum absolute atomic E-state index is 13.6. The van der Waals surface area contributed by atoms with Crippen LogP contribution in [0.25, 0.3) is 0 Å². The second-order valence-electron chi connectivity index (χ2n) is 4.19. The lowest BCUT2D eigenvalue weighted by atomic mass is 10.1. The lowest BCUT2D eigenvalue weighted by molar-refractivity contribution is 0.209. The Morgan fingerprint density at radius 3 is 2.56 bits per heavy atom. The predicted molar refractivity (Wildman–Crippen MR) is 64.0 cm³/mol. The summed E-state index contributed by atoms with van der Waals surface area (Å²) in [6.07, 6.45) is 2.14. The van der Waals surface area contributed by atoms with Crippen LogP contribution in [0.4, 0.5) is 4.39 Å². The van der Waals surface area contributed by atoms with Gasteiger partial charge >= 0.3 is 0 Å². The highest BCUT2D eigenvalue weighted by atomic mass is 19.1. The van der Waals surface area contributed by atoms with E-state index in [9.17, 15) is 4.39 Å². The molecule has 2 unspecified atom stereocenters. The Hall–Kier alpha value is -1.09. The van der Waals surface area contributed by atoms with Crippen molar-refractivity contribution >= 4 is 0 Å². The predicted octanol–water partition coefficient (Wildman–Crippen LogP) is 3.41. The van der Waals surface area contributed by atoms with Gasteiger partial charge in [0.1, 0.15) is 11.6 Å². The van der Waals surface area contributed by atoms with E-state index in [0.29, 0.717) is 11.3 Å². The summed E-state index contributed by atoms with van der Waals surface area (Å²) in [4.78, 5) is 0. The molecule has 1 rings (SSSR count). The molecule has 1 aromatic carbocycles. The van der Waals surface area contributed by atoms with E-state index in [1.165, 1.54) is 6.07 Å². The summed E-state index contributed by atoms with van der Waals surface area (Å²) in [6.45, 7) is 5.85. The molecule has 90 valence electrons. The zero-order chi connectivity index (χ0) is 12.1. The SMILES string of the molecule is CCCC(C)Oc1ccc(C(C)N)c(F)c1. The molecule has 0 fully saturated rings. The maximum atomic E-state index is 13.6. The monoisotopic (exact) mass is 225 g/mol. The van der Waals surface area contributed by atoms with E-state index in [-0.39, 0.29) is 18.0 Å². The van der Waals surface area contributed by atoms with Crippen LogP contribution in [0.15, 0.2) is 18.2 Å². The summed E-state index contributed by atoms with van der Waals surface area (Å²) in [5, 5.41) is 0. The molecule has 0 aromatic heterocycles. The van der Waals surface area contributed by atoms with Gasteiger partial charge in [0.2, 0.25) is 0 Å². The first-order chi connectivity index (χ1) is 7.54. The van der Waals surface area contributed by atoms with Gasteiger partial charge in [0.05, 0.1) is 6.10 Å². The summed E-state index contributed by atoms with van der Waals surface area (Å²) in [5.41, 5.74) is 6.16. The number of hydrogen-bond donors (Lipinski definition) is 1. The summed E-state index contributed by atoms with van der Waals surface area (Å²) in [6, 6.07) is 4.58. The van der Waals surface area contributed by atoms with Crippen molar-refractivity contribution in [3.63, 3.8) is 0 Å². The van der Waals surface area contributed by atoms with Crippen molar-refractivity contribution in [3.05, 3.63) is 29.6 Å². The van der Waals surface area contributed by atoms with E-state index in [1.54, 1.807) is 19.1 Å². The lowest BCUT2D eigenvalue weighted by Gasteiger charge is -2.15. The van der Waals surface area contributed by atoms with Gasteiger partial charge < -0.3 is 10.5 Å². The van der Waals surface area contributed by atoms with Gasteiger partial charge in [-0.05, 0) is 26.3 Å². The van der Waals surface area contributed by atoms with E-state index in [1.807, 2.05) is 6.92 Å². The van der Waals surface area contributed by atoms with Gasteiger partial charge in [-0.15, -0.1) is 0 Å². The molecule has 16 heavy (non-hydrogen) atoms. The van der Waals surface area contributed by atoms with Gasteiger partial charge in [-0.2, -0.15) is 0 Å². The third-order valence-electron chi connectivity index (χ3n) is 2.49. The summed E-state index contributed by atoms with van der Waals surface area (Å²) < 4.78 is 19.2.